The van der Waals surface area contributed by atoms with Gasteiger partial charge in [-0.3, -0.25) is 19.6 Å². The van der Waals surface area contributed by atoms with Crippen LogP contribution in [0.4, 0.5) is 0 Å². The molecule has 3 N–H and O–H groups in total. The molecule has 0 saturated carbocycles. The van der Waals surface area contributed by atoms with Crippen molar-refractivity contribution in [1.82, 2.24) is 15.7 Å². The highest BCUT2D eigenvalue weighted by Gasteiger charge is 2.39. The fourth-order valence-corrected chi connectivity index (χ4v) is 2.81. The summed E-state index contributed by atoms with van der Waals surface area (Å²) in [5.41, 5.74) is 1.11. The lowest BCUT2D eigenvalue weighted by Gasteiger charge is -2.38. The number of nitrogens with one attached hydrogen (secondary N) is 2. The van der Waals surface area contributed by atoms with E-state index in [0.717, 1.165) is 0 Å². The predicted octanol–water partition coefficient (Wildman–Crippen LogP) is 1.16. The molecule has 0 saturated heterocycles. The Hall–Kier alpha value is -1.63. The van der Waals surface area contributed by atoms with Crippen molar-refractivity contribution in [3.05, 3.63) is 0 Å². The maximum atomic E-state index is 12.8. The van der Waals surface area contributed by atoms with Gasteiger partial charge in [0.2, 0.25) is 17.7 Å². The molecular weight excluding hydrogens is 298 g/mol. The molecule has 0 rings (SSSR count). The van der Waals surface area contributed by atoms with Crippen molar-refractivity contribution in [2.24, 2.45) is 17.3 Å². The summed E-state index contributed by atoms with van der Waals surface area (Å²) in [5, 5.41) is 11.3. The minimum absolute atomic E-state index is 0.109. The van der Waals surface area contributed by atoms with Crippen LogP contribution in [0.1, 0.15) is 47.5 Å². The Kier molecular flexibility index (Phi) is 8.23. The van der Waals surface area contributed by atoms with Crippen LogP contribution in [0.2, 0.25) is 0 Å². The Bertz CT molecular complexity index is 430. The second-order valence-electron chi connectivity index (χ2n) is 7.40. The van der Waals surface area contributed by atoms with E-state index in [1.54, 1.807) is 12.5 Å². The van der Waals surface area contributed by atoms with E-state index in [4.69, 9.17) is 5.21 Å². The van der Waals surface area contributed by atoms with E-state index in [2.05, 4.69) is 5.32 Å². The molecule has 0 fully saturated rings. The van der Waals surface area contributed by atoms with Crippen molar-refractivity contribution >= 4 is 17.7 Å². The first-order valence-electron chi connectivity index (χ1n) is 7.86. The van der Waals surface area contributed by atoms with Crippen LogP contribution in [0.25, 0.3) is 0 Å². The SMILES string of the molecule is CNC(=O)[C@@H](N(C)C(=O)[C@H](CC(=O)NO)CC(C)C)C(C)(C)C. The molecule has 0 spiro atoms. The van der Waals surface area contributed by atoms with Gasteiger partial charge < -0.3 is 10.2 Å². The minimum Gasteiger partial charge on any atom is -0.357 e. The number of hydrogen-bond donors (Lipinski definition) is 3. The molecule has 3 amide bonds. The predicted molar refractivity (Wildman–Crippen MR) is 87.6 cm³/mol. The van der Waals surface area contributed by atoms with Crippen LogP contribution in [0.5, 0.6) is 0 Å². The van der Waals surface area contributed by atoms with Crippen molar-refractivity contribution in [1.29, 1.82) is 0 Å². The van der Waals surface area contributed by atoms with Crippen LogP contribution < -0.4 is 10.8 Å². The van der Waals surface area contributed by atoms with Gasteiger partial charge in [-0.25, -0.2) is 5.48 Å². The van der Waals surface area contributed by atoms with E-state index >= 15 is 0 Å². The zero-order valence-electron chi connectivity index (χ0n) is 15.3. The third-order valence-electron chi connectivity index (χ3n) is 3.71. The molecule has 0 aliphatic rings. The molecule has 23 heavy (non-hydrogen) atoms. The number of likely N-dealkylation sites (N-methyl/N-ethyl adjacent to an activating group) is 2. The summed E-state index contributed by atoms with van der Waals surface area (Å²) in [6.45, 7) is 9.56. The van der Waals surface area contributed by atoms with Crippen LogP contribution in [0.15, 0.2) is 0 Å². The standard InChI is InChI=1S/C16H31N3O4/c1-10(2)8-11(9-12(20)18-23)15(22)19(7)13(14(21)17-6)16(3,4)5/h10-11,13,23H,8-9H2,1-7H3,(H,17,21)(H,18,20)/t11-,13+/m0/s1. The minimum atomic E-state index is -0.646. The second kappa shape index (κ2) is 8.86. The average molecular weight is 329 g/mol. The van der Waals surface area contributed by atoms with E-state index in [0.29, 0.717) is 6.42 Å². The Balaban J connectivity index is 5.43. The summed E-state index contributed by atoms with van der Waals surface area (Å²) in [6, 6.07) is -0.646. The van der Waals surface area contributed by atoms with Gasteiger partial charge in [0.25, 0.3) is 0 Å². The van der Waals surface area contributed by atoms with Gasteiger partial charge >= 0.3 is 0 Å². The number of amides is 3. The molecule has 7 nitrogen and oxygen atoms in total. The van der Waals surface area contributed by atoms with Crippen molar-refractivity contribution in [3.8, 4) is 0 Å². The molecule has 0 unspecified atom stereocenters. The Morgan fingerprint density at radius 1 is 1.17 bits per heavy atom. The summed E-state index contributed by atoms with van der Waals surface area (Å²) >= 11 is 0. The molecule has 0 aliphatic carbocycles. The van der Waals surface area contributed by atoms with Gasteiger partial charge in [0.15, 0.2) is 0 Å². The maximum absolute atomic E-state index is 12.8. The van der Waals surface area contributed by atoms with Crippen LogP contribution in [0, 0.1) is 17.3 Å². The van der Waals surface area contributed by atoms with Gasteiger partial charge in [0.1, 0.15) is 6.04 Å². The summed E-state index contributed by atoms with van der Waals surface area (Å²) in [6.07, 6.45) is 0.393. The Morgan fingerprint density at radius 2 is 1.70 bits per heavy atom. The number of hydrogen-bond acceptors (Lipinski definition) is 4. The van der Waals surface area contributed by atoms with E-state index in [1.807, 2.05) is 34.6 Å². The van der Waals surface area contributed by atoms with Crippen molar-refractivity contribution in [2.75, 3.05) is 14.1 Å². The van der Waals surface area contributed by atoms with E-state index < -0.39 is 23.3 Å². The average Bonchev–Trinajstić information content (AvgIpc) is 2.43. The van der Waals surface area contributed by atoms with Crippen LogP contribution in [0.3, 0.4) is 0 Å². The first-order chi connectivity index (χ1) is 10.4. The first-order valence-corrected chi connectivity index (χ1v) is 7.86. The highest BCUT2D eigenvalue weighted by molar-refractivity contribution is 5.90. The van der Waals surface area contributed by atoms with Crippen LogP contribution in [-0.4, -0.2) is 48.0 Å². The highest BCUT2D eigenvalue weighted by Crippen LogP contribution is 2.27. The van der Waals surface area contributed by atoms with Gasteiger partial charge in [0.05, 0.1) is 0 Å². The summed E-state index contributed by atoms with van der Waals surface area (Å²) < 4.78 is 0. The topological polar surface area (TPSA) is 98.7 Å². The normalized spacial score (nSPS) is 14.1. The van der Waals surface area contributed by atoms with Gasteiger partial charge in [-0.1, -0.05) is 34.6 Å². The second-order valence-corrected chi connectivity index (χ2v) is 7.40. The Labute approximate surface area is 138 Å². The van der Waals surface area contributed by atoms with Gasteiger partial charge in [-0.05, 0) is 17.8 Å². The van der Waals surface area contributed by atoms with Crippen molar-refractivity contribution < 1.29 is 19.6 Å². The number of carbonyl (C=O) groups excluding carboxylic acids is 3. The number of nitrogens with zero attached hydrogens (tertiary/aromatic N) is 1. The Morgan fingerprint density at radius 3 is 2.04 bits per heavy atom. The van der Waals surface area contributed by atoms with Gasteiger partial charge in [0, 0.05) is 26.4 Å². The molecule has 0 aliphatic heterocycles. The molecule has 0 radical (unpaired) electrons. The largest absolute Gasteiger partial charge is 0.357 e. The monoisotopic (exact) mass is 329 g/mol. The quantitative estimate of drug-likeness (QED) is 0.482. The molecule has 134 valence electrons. The molecule has 7 heteroatoms. The summed E-state index contributed by atoms with van der Waals surface area (Å²) in [7, 11) is 3.11. The number of hydroxylamine groups is 1. The number of rotatable bonds is 7. The molecule has 0 aromatic rings. The van der Waals surface area contributed by atoms with Crippen LogP contribution in [-0.2, 0) is 14.4 Å². The zero-order valence-corrected chi connectivity index (χ0v) is 15.3. The van der Waals surface area contributed by atoms with E-state index in [9.17, 15) is 14.4 Å². The fraction of sp³-hybridized carbons (Fsp3) is 0.812. The summed E-state index contributed by atoms with van der Waals surface area (Å²) in [5.74, 6) is -1.50. The van der Waals surface area contributed by atoms with Crippen molar-refractivity contribution in [3.63, 3.8) is 0 Å². The van der Waals surface area contributed by atoms with Crippen molar-refractivity contribution in [2.45, 2.75) is 53.5 Å². The third kappa shape index (κ3) is 6.56. The lowest BCUT2D eigenvalue weighted by atomic mass is 9.83. The zero-order chi connectivity index (χ0) is 18.4. The van der Waals surface area contributed by atoms with Gasteiger partial charge in [-0.15, -0.1) is 0 Å². The molecular formula is C16H31N3O4. The molecule has 0 heterocycles. The highest BCUT2D eigenvalue weighted by atomic mass is 16.5. The maximum Gasteiger partial charge on any atom is 0.244 e. The molecule has 0 bridgehead atoms. The van der Waals surface area contributed by atoms with E-state index in [1.165, 1.54) is 11.9 Å². The lowest BCUT2D eigenvalue weighted by molar-refractivity contribution is -0.148. The van der Waals surface area contributed by atoms with Crippen LogP contribution >= 0.6 is 0 Å². The smallest absolute Gasteiger partial charge is 0.244 e. The fourth-order valence-electron chi connectivity index (χ4n) is 2.81. The van der Waals surface area contributed by atoms with Gasteiger partial charge in [-0.2, -0.15) is 0 Å². The third-order valence-corrected chi connectivity index (χ3v) is 3.71. The first kappa shape index (κ1) is 21.4. The molecule has 2 atom stereocenters. The lowest BCUT2D eigenvalue weighted by Crippen LogP contribution is -2.55. The molecule has 0 aromatic carbocycles. The number of carbonyl (C=O) groups is 3. The molecule has 0 aromatic heterocycles. The summed E-state index contributed by atoms with van der Waals surface area (Å²) in [4.78, 5) is 37.9. The van der Waals surface area contributed by atoms with E-state index in [-0.39, 0.29) is 24.2 Å².